The van der Waals surface area contributed by atoms with Crippen molar-refractivity contribution in [2.24, 2.45) is 0 Å². The Morgan fingerprint density at radius 2 is 1.52 bits per heavy atom. The van der Waals surface area contributed by atoms with Gasteiger partial charge in [-0.1, -0.05) is 65.1 Å². The Morgan fingerprint density at radius 3 is 1.92 bits per heavy atom. The number of hydrogen-bond acceptors (Lipinski definition) is 1. The van der Waals surface area contributed by atoms with Gasteiger partial charge in [0.05, 0.1) is 5.69 Å². The number of nitrogens with zero attached hydrogens (tertiary/aromatic N) is 2. The van der Waals surface area contributed by atoms with Crippen molar-refractivity contribution in [2.75, 3.05) is 0 Å². The van der Waals surface area contributed by atoms with Crippen LogP contribution in [0.15, 0.2) is 24.3 Å². The van der Waals surface area contributed by atoms with Gasteiger partial charge >= 0.3 is 6.18 Å². The van der Waals surface area contributed by atoms with E-state index in [1.54, 1.807) is 0 Å². The molecule has 138 valence electrons. The summed E-state index contributed by atoms with van der Waals surface area (Å²) in [5, 5.41) is 4.44. The molecule has 0 saturated carbocycles. The number of hydrogen-bond donors (Lipinski definition) is 0. The molecule has 1 aromatic heterocycles. The largest absolute Gasteiger partial charge is 0.432 e. The average molecular weight is 369 g/mol. The maximum atomic E-state index is 13.9. The molecule has 1 heterocycles. The molecule has 0 atom stereocenters. The highest BCUT2D eigenvalue weighted by atomic mass is 28.3. The molecular formula is C19H27F3N2Si. The lowest BCUT2D eigenvalue weighted by molar-refractivity contribution is -0.142. The Morgan fingerprint density at radius 1 is 1.00 bits per heavy atom. The van der Waals surface area contributed by atoms with E-state index < -0.39 is 26.2 Å². The van der Waals surface area contributed by atoms with E-state index in [1.165, 1.54) is 9.91 Å². The Kier molecular flexibility index (Phi) is 5.52. The molecule has 0 unspecified atom stereocenters. The first-order chi connectivity index (χ1) is 11.4. The third-order valence-electron chi connectivity index (χ3n) is 4.29. The number of benzene rings is 1. The predicted molar refractivity (Wildman–Crippen MR) is 98.8 cm³/mol. The van der Waals surface area contributed by atoms with Crippen LogP contribution in [-0.2, 0) is 24.4 Å². The summed E-state index contributed by atoms with van der Waals surface area (Å²) in [5.41, 5.74) is 1.96. The van der Waals surface area contributed by atoms with Gasteiger partial charge in [-0.3, -0.25) is 4.35 Å². The van der Waals surface area contributed by atoms with E-state index in [2.05, 4.69) is 12.0 Å². The molecular weight excluding hydrogens is 341 g/mol. The van der Waals surface area contributed by atoms with Crippen molar-refractivity contribution in [3.05, 3.63) is 52.3 Å². The summed E-state index contributed by atoms with van der Waals surface area (Å²) in [6.45, 7) is 11.6. The lowest BCUT2D eigenvalue weighted by Crippen LogP contribution is -2.25. The van der Waals surface area contributed by atoms with Gasteiger partial charge in [0.25, 0.3) is 0 Å². The molecule has 2 aromatic rings. The third kappa shape index (κ3) is 4.35. The molecule has 2 nitrogen and oxygen atoms in total. The van der Waals surface area contributed by atoms with Crippen LogP contribution in [-0.4, -0.2) is 18.4 Å². The normalized spacial score (nSPS) is 12.9. The fraction of sp³-hybridized carbons (Fsp3) is 0.526. The predicted octanol–water partition coefficient (Wildman–Crippen LogP) is 5.18. The van der Waals surface area contributed by atoms with Gasteiger partial charge in [-0.05, 0) is 17.5 Å². The molecule has 0 amide bonds. The lowest BCUT2D eigenvalue weighted by Gasteiger charge is -2.18. The quantitative estimate of drug-likeness (QED) is 0.680. The highest BCUT2D eigenvalue weighted by Gasteiger charge is 2.41. The van der Waals surface area contributed by atoms with Crippen LogP contribution in [0.1, 0.15) is 55.8 Å². The van der Waals surface area contributed by atoms with Crippen molar-refractivity contribution in [1.82, 2.24) is 9.45 Å². The van der Waals surface area contributed by atoms with Crippen molar-refractivity contribution in [2.45, 2.75) is 65.2 Å². The summed E-state index contributed by atoms with van der Waals surface area (Å²) in [6, 6.07) is 7.83. The van der Waals surface area contributed by atoms with Gasteiger partial charge < -0.3 is 0 Å². The summed E-state index contributed by atoms with van der Waals surface area (Å²) in [4.78, 5) is 0. The fourth-order valence-corrected chi connectivity index (χ4v) is 4.18. The van der Waals surface area contributed by atoms with Gasteiger partial charge in [-0.15, -0.1) is 0 Å². The standard InChI is InChI=1S/C19H27F3N2Si/c1-7-13-8-10-14(11-9-13)12-15-16(18(2,3)4)23-24(25(5)6)17(15)19(20,21)22/h8-11,25H,7,12H2,1-6H3. The summed E-state index contributed by atoms with van der Waals surface area (Å²) in [6.07, 6.45) is -3.22. The van der Waals surface area contributed by atoms with Crippen LogP contribution >= 0.6 is 0 Å². The molecule has 0 aliphatic carbocycles. The van der Waals surface area contributed by atoms with Gasteiger partial charge in [0.1, 0.15) is 5.69 Å². The van der Waals surface area contributed by atoms with E-state index in [0.717, 1.165) is 12.0 Å². The van der Waals surface area contributed by atoms with Crippen molar-refractivity contribution < 1.29 is 13.2 Å². The highest BCUT2D eigenvalue weighted by Crippen LogP contribution is 2.38. The van der Waals surface area contributed by atoms with Gasteiger partial charge in [-0.2, -0.15) is 18.3 Å². The number of rotatable bonds is 4. The van der Waals surface area contributed by atoms with E-state index in [4.69, 9.17) is 0 Å². The average Bonchev–Trinajstić information content (AvgIpc) is 2.87. The van der Waals surface area contributed by atoms with Crippen LogP contribution in [0.2, 0.25) is 13.1 Å². The first-order valence-corrected chi connectivity index (χ1v) is 11.5. The fourth-order valence-electron chi connectivity index (χ4n) is 3.01. The molecule has 0 radical (unpaired) electrons. The molecule has 0 N–H and O–H groups in total. The molecule has 0 fully saturated rings. The molecule has 0 aliphatic heterocycles. The molecule has 0 spiro atoms. The highest BCUT2D eigenvalue weighted by molar-refractivity contribution is 6.53. The summed E-state index contributed by atoms with van der Waals surface area (Å²) in [7, 11) is -1.78. The van der Waals surface area contributed by atoms with Crippen LogP contribution < -0.4 is 0 Å². The zero-order valence-corrected chi connectivity index (χ0v) is 17.0. The van der Waals surface area contributed by atoms with Gasteiger partial charge in [0, 0.05) is 17.4 Å². The zero-order valence-electron chi connectivity index (χ0n) is 15.8. The monoisotopic (exact) mass is 368 g/mol. The van der Waals surface area contributed by atoms with Crippen LogP contribution in [0, 0.1) is 0 Å². The number of aromatic nitrogens is 2. The Bertz CT molecular complexity index is 723. The molecule has 0 saturated heterocycles. The van der Waals surface area contributed by atoms with Crippen LogP contribution in [0.25, 0.3) is 0 Å². The SMILES string of the molecule is CCc1ccc(Cc2c(C(C)(C)C)nn([SiH](C)C)c2C(F)(F)F)cc1. The van der Waals surface area contributed by atoms with E-state index >= 15 is 0 Å². The minimum Gasteiger partial charge on any atom is -0.293 e. The molecule has 0 aliphatic rings. The Labute approximate surface area is 149 Å². The minimum absolute atomic E-state index is 0.257. The zero-order chi connectivity index (χ0) is 19.0. The Hall–Kier alpha value is -1.56. The number of aryl methyl sites for hydroxylation is 1. The van der Waals surface area contributed by atoms with Crippen molar-refractivity contribution in [3.63, 3.8) is 0 Å². The first kappa shape index (κ1) is 19.8. The van der Waals surface area contributed by atoms with Crippen LogP contribution in [0.5, 0.6) is 0 Å². The molecule has 0 bridgehead atoms. The Balaban J connectivity index is 2.63. The molecule has 6 heteroatoms. The van der Waals surface area contributed by atoms with Gasteiger partial charge in [-0.25, -0.2) is 0 Å². The van der Waals surface area contributed by atoms with Gasteiger partial charge in [0.2, 0.25) is 0 Å². The smallest absolute Gasteiger partial charge is 0.293 e. The van der Waals surface area contributed by atoms with Gasteiger partial charge in [0.15, 0.2) is 8.96 Å². The molecule has 2 rings (SSSR count). The van der Waals surface area contributed by atoms with Crippen LogP contribution in [0.4, 0.5) is 13.2 Å². The minimum atomic E-state index is -4.40. The second kappa shape index (κ2) is 6.98. The molecule has 25 heavy (non-hydrogen) atoms. The summed E-state index contributed by atoms with van der Waals surface area (Å²) >= 11 is 0. The molecule has 1 aromatic carbocycles. The number of halogens is 3. The topological polar surface area (TPSA) is 17.8 Å². The van der Waals surface area contributed by atoms with E-state index in [0.29, 0.717) is 11.3 Å². The maximum Gasteiger partial charge on any atom is 0.432 e. The second-order valence-corrected chi connectivity index (χ2v) is 10.5. The lowest BCUT2D eigenvalue weighted by atomic mass is 9.86. The van der Waals surface area contributed by atoms with Crippen molar-refractivity contribution in [1.29, 1.82) is 0 Å². The third-order valence-corrected chi connectivity index (χ3v) is 5.64. The summed E-state index contributed by atoms with van der Waals surface area (Å²) in [5.74, 6) is 0. The maximum absolute atomic E-state index is 13.9. The van der Waals surface area contributed by atoms with Crippen LogP contribution in [0.3, 0.4) is 0 Å². The summed E-state index contributed by atoms with van der Waals surface area (Å²) < 4.78 is 42.8. The van der Waals surface area contributed by atoms with Crippen molar-refractivity contribution >= 4 is 8.96 Å². The second-order valence-electron chi connectivity index (χ2n) is 7.81. The van der Waals surface area contributed by atoms with Crippen molar-refractivity contribution in [3.8, 4) is 0 Å². The van der Waals surface area contributed by atoms with E-state index in [-0.39, 0.29) is 6.42 Å². The van der Waals surface area contributed by atoms with E-state index in [1.807, 2.05) is 58.1 Å². The first-order valence-electron chi connectivity index (χ1n) is 8.72. The van der Waals surface area contributed by atoms with E-state index in [9.17, 15) is 13.2 Å². The number of alkyl halides is 3.